The maximum Gasteiger partial charge on any atom is 0.246 e. The van der Waals surface area contributed by atoms with Gasteiger partial charge in [0.05, 0.1) is 13.7 Å². The monoisotopic (exact) mass is 299 g/mol. The van der Waals surface area contributed by atoms with Gasteiger partial charge >= 0.3 is 0 Å². The third kappa shape index (κ3) is 5.58. The number of benzene rings is 2. The molecule has 0 radical (unpaired) electrons. The Morgan fingerprint density at radius 1 is 1.05 bits per heavy atom. The molecule has 0 saturated carbocycles. The fraction of sp³-hybridized carbons (Fsp3) is 0.278. The van der Waals surface area contributed by atoms with Crippen LogP contribution in [0.2, 0.25) is 0 Å². The summed E-state index contributed by atoms with van der Waals surface area (Å²) in [5, 5.41) is 2.85. The fourth-order valence-electron chi connectivity index (χ4n) is 2.07. The van der Waals surface area contributed by atoms with E-state index in [2.05, 4.69) is 5.32 Å². The third-order valence-electron chi connectivity index (χ3n) is 3.21. The lowest BCUT2D eigenvalue weighted by Crippen LogP contribution is -2.29. The molecule has 2 rings (SSSR count). The first kappa shape index (κ1) is 16.0. The minimum atomic E-state index is -0.0983. The second-order valence-corrected chi connectivity index (χ2v) is 4.93. The van der Waals surface area contributed by atoms with E-state index in [-0.39, 0.29) is 12.5 Å². The second-order valence-electron chi connectivity index (χ2n) is 4.93. The van der Waals surface area contributed by atoms with E-state index in [0.29, 0.717) is 13.2 Å². The van der Waals surface area contributed by atoms with E-state index in [9.17, 15) is 4.79 Å². The van der Waals surface area contributed by atoms with Gasteiger partial charge in [-0.05, 0) is 29.7 Å². The summed E-state index contributed by atoms with van der Waals surface area (Å²) in [6.07, 6.45) is 0.822. The molecule has 4 nitrogen and oxygen atoms in total. The van der Waals surface area contributed by atoms with E-state index in [1.807, 2.05) is 54.6 Å². The summed E-state index contributed by atoms with van der Waals surface area (Å²) < 4.78 is 10.6. The molecule has 0 heterocycles. The van der Waals surface area contributed by atoms with Crippen LogP contribution in [0.4, 0.5) is 0 Å². The molecule has 1 amide bonds. The molecule has 0 aromatic heterocycles. The van der Waals surface area contributed by atoms with Gasteiger partial charge in [-0.15, -0.1) is 0 Å². The van der Waals surface area contributed by atoms with Gasteiger partial charge in [0.1, 0.15) is 12.4 Å². The minimum Gasteiger partial charge on any atom is -0.497 e. The van der Waals surface area contributed by atoms with Crippen molar-refractivity contribution in [2.24, 2.45) is 0 Å². The van der Waals surface area contributed by atoms with Crippen molar-refractivity contribution < 1.29 is 14.3 Å². The zero-order valence-corrected chi connectivity index (χ0v) is 12.7. The van der Waals surface area contributed by atoms with Gasteiger partial charge in [-0.25, -0.2) is 0 Å². The van der Waals surface area contributed by atoms with Crippen molar-refractivity contribution >= 4 is 5.91 Å². The van der Waals surface area contributed by atoms with Gasteiger partial charge in [0.2, 0.25) is 5.91 Å². The van der Waals surface area contributed by atoms with Crippen LogP contribution in [0.15, 0.2) is 54.6 Å². The number of carbonyl (C=O) groups excluding carboxylic acids is 1. The molecule has 0 aliphatic rings. The molecule has 0 fully saturated rings. The largest absolute Gasteiger partial charge is 0.497 e. The normalized spacial score (nSPS) is 10.2. The summed E-state index contributed by atoms with van der Waals surface area (Å²) >= 11 is 0. The van der Waals surface area contributed by atoms with E-state index in [1.165, 1.54) is 5.56 Å². The Bertz CT molecular complexity index is 584. The number of hydrogen-bond donors (Lipinski definition) is 1. The number of rotatable bonds is 8. The minimum absolute atomic E-state index is 0.0615. The summed E-state index contributed by atoms with van der Waals surface area (Å²) in [5.74, 6) is 0.687. The van der Waals surface area contributed by atoms with Crippen LogP contribution in [0, 0.1) is 0 Å². The van der Waals surface area contributed by atoms with E-state index in [4.69, 9.17) is 9.47 Å². The van der Waals surface area contributed by atoms with Gasteiger partial charge in [0.25, 0.3) is 0 Å². The molecule has 2 aromatic rings. The van der Waals surface area contributed by atoms with Crippen LogP contribution < -0.4 is 10.1 Å². The van der Waals surface area contributed by atoms with E-state index in [0.717, 1.165) is 17.7 Å². The quantitative estimate of drug-likeness (QED) is 0.815. The topological polar surface area (TPSA) is 47.6 Å². The Kier molecular flexibility index (Phi) is 6.45. The lowest BCUT2D eigenvalue weighted by atomic mass is 10.1. The van der Waals surface area contributed by atoms with Crippen molar-refractivity contribution in [2.45, 2.75) is 13.0 Å². The van der Waals surface area contributed by atoms with Gasteiger partial charge in [0, 0.05) is 6.54 Å². The summed E-state index contributed by atoms with van der Waals surface area (Å²) in [7, 11) is 1.63. The molecule has 0 unspecified atom stereocenters. The first-order chi connectivity index (χ1) is 10.8. The lowest BCUT2D eigenvalue weighted by molar-refractivity contribution is -0.126. The highest BCUT2D eigenvalue weighted by molar-refractivity contribution is 5.77. The average molecular weight is 299 g/mol. The number of amides is 1. The predicted molar refractivity (Wildman–Crippen MR) is 85.8 cm³/mol. The highest BCUT2D eigenvalue weighted by atomic mass is 16.5. The molecule has 0 saturated heterocycles. The van der Waals surface area contributed by atoms with E-state index < -0.39 is 0 Å². The summed E-state index contributed by atoms with van der Waals surface area (Å²) in [6, 6.07) is 17.7. The average Bonchev–Trinajstić information content (AvgIpc) is 2.56. The summed E-state index contributed by atoms with van der Waals surface area (Å²) in [4.78, 5) is 11.7. The second kappa shape index (κ2) is 8.85. The summed E-state index contributed by atoms with van der Waals surface area (Å²) in [6.45, 7) is 1.07. The Labute approximate surface area is 131 Å². The van der Waals surface area contributed by atoms with Crippen LogP contribution >= 0.6 is 0 Å². The molecule has 0 aliphatic carbocycles. The lowest BCUT2D eigenvalue weighted by Gasteiger charge is -2.07. The SMILES string of the molecule is COc1cccc(COCC(=O)NCCc2ccccc2)c1. The van der Waals surface area contributed by atoms with Crippen LogP contribution in [0.3, 0.4) is 0 Å². The van der Waals surface area contributed by atoms with Crippen LogP contribution in [0.5, 0.6) is 5.75 Å². The van der Waals surface area contributed by atoms with Crippen molar-refractivity contribution in [3.8, 4) is 5.75 Å². The van der Waals surface area contributed by atoms with Crippen molar-refractivity contribution in [1.29, 1.82) is 0 Å². The Balaban J connectivity index is 1.63. The molecule has 0 spiro atoms. The molecule has 22 heavy (non-hydrogen) atoms. The molecule has 1 N–H and O–H groups in total. The van der Waals surface area contributed by atoms with Crippen LogP contribution in [0.25, 0.3) is 0 Å². The maximum atomic E-state index is 11.7. The molecular weight excluding hydrogens is 278 g/mol. The number of hydrogen-bond acceptors (Lipinski definition) is 3. The highest BCUT2D eigenvalue weighted by Gasteiger charge is 2.02. The molecule has 4 heteroatoms. The Morgan fingerprint density at radius 2 is 1.82 bits per heavy atom. The predicted octanol–water partition coefficient (Wildman–Crippen LogP) is 2.57. The van der Waals surface area contributed by atoms with E-state index in [1.54, 1.807) is 7.11 Å². The van der Waals surface area contributed by atoms with E-state index >= 15 is 0 Å². The summed E-state index contributed by atoms with van der Waals surface area (Å²) in [5.41, 5.74) is 2.19. The van der Waals surface area contributed by atoms with Crippen LogP contribution in [0.1, 0.15) is 11.1 Å². The van der Waals surface area contributed by atoms with Crippen molar-refractivity contribution in [2.75, 3.05) is 20.3 Å². The maximum absolute atomic E-state index is 11.7. The van der Waals surface area contributed by atoms with Gasteiger partial charge in [-0.2, -0.15) is 0 Å². The molecular formula is C18H21NO3. The number of methoxy groups -OCH3 is 1. The van der Waals surface area contributed by atoms with Crippen LogP contribution in [-0.2, 0) is 22.6 Å². The molecule has 116 valence electrons. The molecule has 2 aromatic carbocycles. The number of carbonyl (C=O) groups is 1. The van der Waals surface area contributed by atoms with Gasteiger partial charge in [-0.3, -0.25) is 4.79 Å². The van der Waals surface area contributed by atoms with Gasteiger partial charge in [0.15, 0.2) is 0 Å². The number of ether oxygens (including phenoxy) is 2. The molecule has 0 bridgehead atoms. The van der Waals surface area contributed by atoms with Crippen LogP contribution in [-0.4, -0.2) is 26.2 Å². The molecule has 0 aliphatic heterocycles. The first-order valence-electron chi connectivity index (χ1n) is 7.29. The number of nitrogens with one attached hydrogen (secondary N) is 1. The van der Waals surface area contributed by atoms with Crippen molar-refractivity contribution in [3.05, 3.63) is 65.7 Å². The smallest absolute Gasteiger partial charge is 0.246 e. The standard InChI is InChI=1S/C18H21NO3/c1-21-17-9-5-8-16(12-17)13-22-14-18(20)19-11-10-15-6-3-2-4-7-15/h2-9,12H,10-11,13-14H2,1H3,(H,19,20). The fourth-order valence-corrected chi connectivity index (χ4v) is 2.07. The zero-order chi connectivity index (χ0) is 15.6. The van der Waals surface area contributed by atoms with Crippen molar-refractivity contribution in [3.63, 3.8) is 0 Å². The van der Waals surface area contributed by atoms with Crippen molar-refractivity contribution in [1.82, 2.24) is 5.32 Å². The highest BCUT2D eigenvalue weighted by Crippen LogP contribution is 2.13. The molecule has 0 atom stereocenters. The first-order valence-corrected chi connectivity index (χ1v) is 7.29. The Hall–Kier alpha value is -2.33. The third-order valence-corrected chi connectivity index (χ3v) is 3.21. The van der Waals surface area contributed by atoms with Gasteiger partial charge < -0.3 is 14.8 Å². The van der Waals surface area contributed by atoms with Gasteiger partial charge in [-0.1, -0.05) is 42.5 Å². The zero-order valence-electron chi connectivity index (χ0n) is 12.7. The Morgan fingerprint density at radius 3 is 2.59 bits per heavy atom.